The molecule has 0 saturated carbocycles. The summed E-state index contributed by atoms with van der Waals surface area (Å²) in [5, 5.41) is 2.54. The van der Waals surface area contributed by atoms with Crippen LogP contribution in [0.5, 0.6) is 0 Å². The van der Waals surface area contributed by atoms with Gasteiger partial charge in [0.15, 0.2) is 4.77 Å². The fourth-order valence-corrected chi connectivity index (χ4v) is 3.30. The molecule has 6 heteroatoms. The molecule has 0 radical (unpaired) electrons. The maximum atomic E-state index is 12.5. The predicted molar refractivity (Wildman–Crippen MR) is 78.5 cm³/mol. The van der Waals surface area contributed by atoms with Gasteiger partial charge in [0, 0.05) is 0 Å². The summed E-state index contributed by atoms with van der Waals surface area (Å²) in [5.41, 5.74) is -0.0819. The molecule has 0 amide bonds. The molecule has 19 heavy (non-hydrogen) atoms. The van der Waals surface area contributed by atoms with E-state index >= 15 is 0 Å². The predicted octanol–water partition coefficient (Wildman–Crippen LogP) is 3.63. The number of hydrogen-bond donors (Lipinski definition) is 1. The quantitative estimate of drug-likeness (QED) is 0.734. The third kappa shape index (κ3) is 1.97. The molecule has 0 aliphatic rings. The number of furan rings is 1. The van der Waals surface area contributed by atoms with Crippen LogP contribution in [0.3, 0.4) is 0 Å². The second-order valence-electron chi connectivity index (χ2n) is 4.39. The highest BCUT2D eigenvalue weighted by Gasteiger charge is 2.16. The van der Waals surface area contributed by atoms with Crippen LogP contribution < -0.4 is 5.56 Å². The zero-order valence-corrected chi connectivity index (χ0v) is 12.1. The topological polar surface area (TPSA) is 50.9 Å². The van der Waals surface area contributed by atoms with Gasteiger partial charge in [0.25, 0.3) is 5.56 Å². The first-order chi connectivity index (χ1) is 9.08. The monoisotopic (exact) mass is 292 g/mol. The SMILES string of the molecule is Cc1ccc(C(C)n2c(=S)[nH]c3sccc3c2=O)o1. The van der Waals surface area contributed by atoms with E-state index in [0.717, 1.165) is 16.4 Å². The van der Waals surface area contributed by atoms with Gasteiger partial charge in [0.05, 0.1) is 11.4 Å². The number of H-pyrrole nitrogens is 1. The van der Waals surface area contributed by atoms with Crippen molar-refractivity contribution in [3.63, 3.8) is 0 Å². The lowest BCUT2D eigenvalue weighted by Crippen LogP contribution is -2.25. The summed E-state index contributed by atoms with van der Waals surface area (Å²) in [6, 6.07) is 5.34. The van der Waals surface area contributed by atoms with Crippen LogP contribution in [0.15, 0.2) is 32.8 Å². The van der Waals surface area contributed by atoms with E-state index in [1.165, 1.54) is 11.3 Å². The zero-order chi connectivity index (χ0) is 13.6. The molecule has 98 valence electrons. The Hall–Kier alpha value is -1.66. The van der Waals surface area contributed by atoms with E-state index in [0.29, 0.717) is 10.2 Å². The van der Waals surface area contributed by atoms with E-state index < -0.39 is 0 Å². The molecular formula is C13H12N2O2S2. The third-order valence-corrected chi connectivity index (χ3v) is 4.24. The van der Waals surface area contributed by atoms with Gasteiger partial charge in [-0.05, 0) is 49.6 Å². The van der Waals surface area contributed by atoms with Crippen molar-refractivity contribution in [2.45, 2.75) is 19.9 Å². The van der Waals surface area contributed by atoms with Crippen LogP contribution in [-0.2, 0) is 0 Å². The average Bonchev–Trinajstić information content (AvgIpc) is 2.97. The number of aromatic amines is 1. The first-order valence-corrected chi connectivity index (χ1v) is 7.15. The Bertz CT molecular complexity index is 853. The minimum Gasteiger partial charge on any atom is -0.464 e. The number of nitrogens with zero attached hydrogens (tertiary/aromatic N) is 1. The fourth-order valence-electron chi connectivity index (χ4n) is 2.11. The lowest BCUT2D eigenvalue weighted by atomic mass is 10.2. The van der Waals surface area contributed by atoms with Crippen molar-refractivity contribution in [2.24, 2.45) is 0 Å². The van der Waals surface area contributed by atoms with E-state index in [-0.39, 0.29) is 11.6 Å². The van der Waals surface area contributed by atoms with E-state index in [1.54, 1.807) is 4.57 Å². The summed E-state index contributed by atoms with van der Waals surface area (Å²) < 4.78 is 7.56. The van der Waals surface area contributed by atoms with Gasteiger partial charge >= 0.3 is 0 Å². The molecule has 3 aromatic heterocycles. The Kier molecular flexibility index (Phi) is 2.91. The van der Waals surface area contributed by atoms with Gasteiger partial charge in [-0.2, -0.15) is 0 Å². The molecule has 3 rings (SSSR count). The standard InChI is InChI=1S/C13H12N2O2S2/c1-7-3-4-10(17-7)8(2)15-12(16)9-5-6-19-11(9)14-13(15)18/h3-6,8H,1-2H3,(H,14,18). The largest absolute Gasteiger partial charge is 0.464 e. The van der Waals surface area contributed by atoms with Crippen molar-refractivity contribution in [1.82, 2.24) is 9.55 Å². The first kappa shape index (κ1) is 12.4. The summed E-state index contributed by atoms with van der Waals surface area (Å²) >= 11 is 6.77. The van der Waals surface area contributed by atoms with Gasteiger partial charge in [-0.15, -0.1) is 11.3 Å². The van der Waals surface area contributed by atoms with Crippen molar-refractivity contribution in [1.29, 1.82) is 0 Å². The van der Waals surface area contributed by atoms with Crippen molar-refractivity contribution in [3.8, 4) is 0 Å². The van der Waals surface area contributed by atoms with Crippen LogP contribution in [-0.4, -0.2) is 9.55 Å². The van der Waals surface area contributed by atoms with Gasteiger partial charge in [-0.1, -0.05) is 0 Å². The van der Waals surface area contributed by atoms with Gasteiger partial charge < -0.3 is 9.40 Å². The third-order valence-electron chi connectivity index (χ3n) is 3.11. The van der Waals surface area contributed by atoms with Crippen molar-refractivity contribution < 1.29 is 4.42 Å². The highest BCUT2D eigenvalue weighted by atomic mass is 32.1. The van der Waals surface area contributed by atoms with Crippen LogP contribution in [0.4, 0.5) is 0 Å². The molecule has 3 aromatic rings. The molecule has 0 fully saturated rings. The molecule has 0 aliphatic heterocycles. The minimum atomic E-state index is -0.228. The molecule has 0 spiro atoms. The van der Waals surface area contributed by atoms with Crippen molar-refractivity contribution in [3.05, 3.63) is 50.2 Å². The number of fused-ring (bicyclic) bond motifs is 1. The Morgan fingerprint density at radius 2 is 2.21 bits per heavy atom. The molecule has 1 N–H and O–H groups in total. The second-order valence-corrected chi connectivity index (χ2v) is 5.70. The smallest absolute Gasteiger partial charge is 0.263 e. The average molecular weight is 292 g/mol. The summed E-state index contributed by atoms with van der Waals surface area (Å²) in [5.74, 6) is 1.55. The normalized spacial score (nSPS) is 12.9. The van der Waals surface area contributed by atoms with Crippen LogP contribution in [0.1, 0.15) is 24.5 Å². The van der Waals surface area contributed by atoms with E-state index in [9.17, 15) is 4.79 Å². The van der Waals surface area contributed by atoms with Gasteiger partial charge in [0.2, 0.25) is 0 Å². The minimum absolute atomic E-state index is 0.0819. The van der Waals surface area contributed by atoms with Crippen molar-refractivity contribution in [2.75, 3.05) is 0 Å². The summed E-state index contributed by atoms with van der Waals surface area (Å²) in [6.45, 7) is 3.78. The number of aryl methyl sites for hydroxylation is 1. The number of hydrogen-bond acceptors (Lipinski definition) is 4. The van der Waals surface area contributed by atoms with Gasteiger partial charge in [0.1, 0.15) is 16.4 Å². The highest BCUT2D eigenvalue weighted by Crippen LogP contribution is 2.21. The molecular weight excluding hydrogens is 280 g/mol. The molecule has 3 heterocycles. The van der Waals surface area contributed by atoms with E-state index in [1.807, 2.05) is 37.4 Å². The van der Waals surface area contributed by atoms with Crippen LogP contribution in [0, 0.1) is 11.7 Å². The Labute approximate surface area is 118 Å². The Morgan fingerprint density at radius 3 is 2.89 bits per heavy atom. The zero-order valence-electron chi connectivity index (χ0n) is 10.5. The van der Waals surface area contributed by atoms with Crippen molar-refractivity contribution >= 4 is 33.8 Å². The molecule has 4 nitrogen and oxygen atoms in total. The second kappa shape index (κ2) is 4.47. The fraction of sp³-hybridized carbons (Fsp3) is 0.231. The molecule has 0 aliphatic carbocycles. The number of aromatic nitrogens is 2. The Morgan fingerprint density at radius 1 is 1.42 bits per heavy atom. The summed E-state index contributed by atoms with van der Waals surface area (Å²) in [6.07, 6.45) is 0. The van der Waals surface area contributed by atoms with Crippen LogP contribution >= 0.6 is 23.6 Å². The van der Waals surface area contributed by atoms with E-state index in [4.69, 9.17) is 16.6 Å². The van der Waals surface area contributed by atoms with Gasteiger partial charge in [-0.3, -0.25) is 9.36 Å². The maximum Gasteiger partial charge on any atom is 0.263 e. The van der Waals surface area contributed by atoms with Crippen LogP contribution in [0.25, 0.3) is 10.2 Å². The lowest BCUT2D eigenvalue weighted by molar-refractivity contribution is 0.421. The number of thiophene rings is 1. The Balaban J connectivity index is 2.25. The molecule has 0 aromatic carbocycles. The molecule has 0 bridgehead atoms. The lowest BCUT2D eigenvalue weighted by Gasteiger charge is -2.12. The molecule has 0 saturated heterocycles. The summed E-state index contributed by atoms with van der Waals surface area (Å²) in [7, 11) is 0. The van der Waals surface area contributed by atoms with E-state index in [2.05, 4.69) is 4.98 Å². The first-order valence-electron chi connectivity index (χ1n) is 5.86. The van der Waals surface area contributed by atoms with Gasteiger partial charge in [-0.25, -0.2) is 0 Å². The highest BCUT2D eigenvalue weighted by molar-refractivity contribution is 7.71. The number of nitrogens with one attached hydrogen (secondary N) is 1. The summed E-state index contributed by atoms with van der Waals surface area (Å²) in [4.78, 5) is 16.4. The van der Waals surface area contributed by atoms with Crippen LogP contribution in [0.2, 0.25) is 0 Å². The molecule has 1 unspecified atom stereocenters. The number of rotatable bonds is 2. The molecule has 1 atom stereocenters. The maximum absolute atomic E-state index is 12.5.